The largest absolute Gasteiger partial charge is 0.459 e. The monoisotopic (exact) mass is 960 g/mol. The summed E-state index contributed by atoms with van der Waals surface area (Å²) in [5.74, 6) is 2.04. The van der Waals surface area contributed by atoms with Crippen LogP contribution in [0, 0.1) is 23.7 Å². The van der Waals surface area contributed by atoms with Crippen LogP contribution in [-0.2, 0) is 27.5 Å². The van der Waals surface area contributed by atoms with Crippen molar-refractivity contribution in [1.29, 1.82) is 0 Å². The Morgan fingerprint density at radius 1 is 0.789 bits per heavy atom. The molecule has 5 aromatic rings. The van der Waals surface area contributed by atoms with Crippen LogP contribution in [0.5, 0.6) is 28.7 Å². The van der Waals surface area contributed by atoms with E-state index in [4.69, 9.17) is 33.7 Å². The SMILES string of the molecule is C=CCO[C@@]12Oc3ccc(Oc4ccc5ccccc5c4)cc3[C@H]3[C@H](CCCCO)[C@@H](CCCCO)C=C(C(=NOCc4ccccc4)C[C@@H]1N(Cc1ccc4c(c1)OCO4)C(=O)CCC1CCCC1)[C@H]32. The van der Waals surface area contributed by atoms with Crippen LogP contribution >= 0.6 is 0 Å². The molecule has 10 rings (SSSR count). The lowest BCUT2D eigenvalue weighted by Gasteiger charge is -2.60. The summed E-state index contributed by atoms with van der Waals surface area (Å²) < 4.78 is 33.3. The molecule has 2 N–H and O–H groups in total. The molecule has 1 amide bonds. The number of aliphatic hydroxyl groups excluding tert-OH is 2. The van der Waals surface area contributed by atoms with Crippen molar-refractivity contribution in [2.75, 3.05) is 26.6 Å². The number of amides is 1. The predicted molar refractivity (Wildman–Crippen MR) is 275 cm³/mol. The first-order valence-corrected chi connectivity index (χ1v) is 26.0. The maximum Gasteiger partial charge on any atom is 0.239 e. The van der Waals surface area contributed by atoms with Gasteiger partial charge in [0.1, 0.15) is 29.9 Å². The number of hydrogen-bond acceptors (Lipinski definition) is 10. The van der Waals surface area contributed by atoms with Gasteiger partial charge in [-0.15, -0.1) is 6.58 Å². The number of nitrogens with zero attached hydrogens (tertiary/aromatic N) is 2. The van der Waals surface area contributed by atoms with E-state index in [0.717, 1.165) is 89.4 Å². The van der Waals surface area contributed by atoms with Gasteiger partial charge in [-0.2, -0.15) is 0 Å². The van der Waals surface area contributed by atoms with Gasteiger partial charge in [-0.3, -0.25) is 4.79 Å². The van der Waals surface area contributed by atoms with Gasteiger partial charge in [0.25, 0.3) is 0 Å². The molecular weight excluding hydrogens is 893 g/mol. The first-order chi connectivity index (χ1) is 34.9. The molecule has 0 aromatic heterocycles. The summed E-state index contributed by atoms with van der Waals surface area (Å²) in [5.41, 5.74) is 4.64. The van der Waals surface area contributed by atoms with Gasteiger partial charge in [0.05, 0.1) is 18.2 Å². The van der Waals surface area contributed by atoms with E-state index in [2.05, 4.69) is 43.0 Å². The fourth-order valence-corrected chi connectivity index (χ4v) is 12.2. The molecular formula is C60H68N2O9. The normalized spacial score (nSPS) is 23.7. The van der Waals surface area contributed by atoms with Gasteiger partial charge >= 0.3 is 0 Å². The van der Waals surface area contributed by atoms with Crippen LogP contribution in [-0.4, -0.2) is 65.2 Å². The molecule has 0 bridgehead atoms. The van der Waals surface area contributed by atoms with Crippen molar-refractivity contribution in [2.45, 2.75) is 114 Å². The van der Waals surface area contributed by atoms with Crippen LogP contribution in [0.3, 0.4) is 0 Å². The van der Waals surface area contributed by atoms with Crippen LogP contribution in [0.15, 0.2) is 139 Å². The van der Waals surface area contributed by atoms with E-state index in [1.54, 1.807) is 6.08 Å². The Morgan fingerprint density at radius 2 is 1.54 bits per heavy atom. The number of aliphatic hydroxyl groups is 2. The first kappa shape index (κ1) is 48.5. The molecule has 0 saturated heterocycles. The average Bonchev–Trinajstić information content (AvgIpc) is 4.11. The predicted octanol–water partition coefficient (Wildman–Crippen LogP) is 12.2. The summed E-state index contributed by atoms with van der Waals surface area (Å²) in [5, 5.41) is 27.5. The number of benzene rings is 5. The van der Waals surface area contributed by atoms with E-state index < -0.39 is 17.7 Å². The quantitative estimate of drug-likeness (QED) is 0.0396. The van der Waals surface area contributed by atoms with E-state index in [1.165, 1.54) is 12.8 Å². The topological polar surface area (TPSA) is 129 Å². The van der Waals surface area contributed by atoms with Gasteiger partial charge in [0, 0.05) is 44.1 Å². The number of carbonyl (C=O) groups excluding carboxylic acids is 1. The maximum atomic E-state index is 15.5. The van der Waals surface area contributed by atoms with Crippen LogP contribution in [0.1, 0.15) is 106 Å². The summed E-state index contributed by atoms with van der Waals surface area (Å²) >= 11 is 0. The first-order valence-electron chi connectivity index (χ1n) is 26.0. The Labute approximate surface area is 418 Å². The van der Waals surface area contributed by atoms with Gasteiger partial charge in [-0.1, -0.05) is 123 Å². The van der Waals surface area contributed by atoms with Crippen LogP contribution in [0.25, 0.3) is 10.8 Å². The summed E-state index contributed by atoms with van der Waals surface area (Å²) in [7, 11) is 0. The third kappa shape index (κ3) is 10.6. The number of fused-ring (bicyclic) bond motifs is 4. The zero-order chi connectivity index (χ0) is 48.6. The molecule has 11 heteroatoms. The minimum Gasteiger partial charge on any atom is -0.459 e. The molecule has 2 saturated carbocycles. The molecule has 2 fully saturated rings. The molecule has 3 aliphatic carbocycles. The Kier molecular flexibility index (Phi) is 15.4. The second kappa shape index (κ2) is 22.5. The van der Waals surface area contributed by atoms with E-state index in [9.17, 15) is 10.2 Å². The molecule has 11 nitrogen and oxygen atoms in total. The van der Waals surface area contributed by atoms with Crippen molar-refractivity contribution in [2.24, 2.45) is 28.8 Å². The second-order valence-electron chi connectivity index (χ2n) is 20.0. The zero-order valence-corrected chi connectivity index (χ0v) is 40.8. The number of hydrogen-bond donors (Lipinski definition) is 2. The molecule has 2 heterocycles. The number of unbranched alkanes of at least 4 members (excludes halogenated alkanes) is 2. The van der Waals surface area contributed by atoms with Gasteiger partial charge in [0.2, 0.25) is 18.5 Å². The molecule has 6 atom stereocenters. The fourth-order valence-electron chi connectivity index (χ4n) is 12.2. The second-order valence-corrected chi connectivity index (χ2v) is 20.0. The number of ether oxygens (including phenoxy) is 5. The van der Waals surface area contributed by atoms with Crippen LogP contribution < -0.4 is 18.9 Å². The van der Waals surface area contributed by atoms with Gasteiger partial charge in [0.15, 0.2) is 11.5 Å². The van der Waals surface area contributed by atoms with Crippen LogP contribution in [0.2, 0.25) is 0 Å². The number of carbonyl (C=O) groups is 1. The minimum absolute atomic E-state index is 0.0281. The fraction of sp³-hybridized carbons (Fsp3) is 0.433. The Bertz CT molecular complexity index is 2700. The third-order valence-electron chi connectivity index (χ3n) is 15.6. The van der Waals surface area contributed by atoms with Crippen molar-refractivity contribution >= 4 is 22.4 Å². The van der Waals surface area contributed by atoms with Crippen molar-refractivity contribution in [3.63, 3.8) is 0 Å². The van der Waals surface area contributed by atoms with Crippen molar-refractivity contribution in [3.8, 4) is 28.7 Å². The van der Waals surface area contributed by atoms with Crippen molar-refractivity contribution in [3.05, 3.63) is 150 Å². The lowest BCUT2D eigenvalue weighted by Crippen LogP contribution is -2.70. The molecule has 71 heavy (non-hydrogen) atoms. The molecule has 0 radical (unpaired) electrons. The lowest BCUT2D eigenvalue weighted by molar-refractivity contribution is -0.258. The smallest absolute Gasteiger partial charge is 0.239 e. The summed E-state index contributed by atoms with van der Waals surface area (Å²) in [6.45, 7) is 5.22. The minimum atomic E-state index is -1.40. The maximum absolute atomic E-state index is 15.5. The summed E-state index contributed by atoms with van der Waals surface area (Å²) in [6, 6.07) is 35.8. The number of allylic oxidation sites excluding steroid dienone is 1. The van der Waals surface area contributed by atoms with Gasteiger partial charge < -0.3 is 43.6 Å². The highest BCUT2D eigenvalue weighted by atomic mass is 16.7. The number of rotatable bonds is 22. The molecule has 5 aliphatic rings. The third-order valence-corrected chi connectivity index (χ3v) is 15.6. The highest BCUT2D eigenvalue weighted by molar-refractivity contribution is 6.03. The Morgan fingerprint density at radius 3 is 2.35 bits per heavy atom. The Hall–Kier alpha value is -6.14. The van der Waals surface area contributed by atoms with Crippen molar-refractivity contribution < 1.29 is 43.5 Å². The number of oxime groups is 1. The summed E-state index contributed by atoms with van der Waals surface area (Å²) in [4.78, 5) is 23.8. The van der Waals surface area contributed by atoms with E-state index >= 15 is 4.79 Å². The summed E-state index contributed by atoms with van der Waals surface area (Å²) in [6.07, 6.45) is 15.0. The van der Waals surface area contributed by atoms with E-state index in [-0.39, 0.29) is 63.4 Å². The van der Waals surface area contributed by atoms with E-state index in [1.807, 2.05) is 83.8 Å². The average molecular weight is 961 g/mol. The van der Waals surface area contributed by atoms with Gasteiger partial charge in [-0.25, -0.2) is 0 Å². The molecule has 372 valence electrons. The lowest BCUT2D eigenvalue weighted by atomic mass is 9.55. The zero-order valence-electron chi connectivity index (χ0n) is 40.8. The van der Waals surface area contributed by atoms with Gasteiger partial charge in [-0.05, 0) is 120 Å². The molecule has 5 aromatic carbocycles. The molecule has 0 unspecified atom stereocenters. The highest BCUT2D eigenvalue weighted by Crippen LogP contribution is 2.62. The highest BCUT2D eigenvalue weighted by Gasteiger charge is 2.65. The van der Waals surface area contributed by atoms with E-state index in [0.29, 0.717) is 54.6 Å². The molecule has 2 aliphatic heterocycles. The Balaban J connectivity index is 1.14. The van der Waals surface area contributed by atoms with Crippen LogP contribution in [0.4, 0.5) is 0 Å². The molecule has 0 spiro atoms. The van der Waals surface area contributed by atoms with Crippen molar-refractivity contribution in [1.82, 2.24) is 4.90 Å². The standard InChI is InChI=1S/C60H68N2O9/c1-2-32-68-60-56(62(57(65)29-23-41-14-6-7-15-41)38-43-22-27-54-55(33-43)67-40-66-54)37-52(61-69-39-42-16-4-3-5-17-42)50-35-46(20-10-12-30-63)49(21-11-13-31-64)58(59(50)60)51-36-48(26-28-53(51)71-60)70-47-25-24-44-18-8-9-19-45(44)34-47/h2-5,8-9,16-19,22,24-28,33-36,41,46,49,56,58-59,63-64H,1,6-7,10-15,20-21,23,29-32,37-40H2/t46-,49+,56-,58+,59+,60+/m0/s1.